The largest absolute Gasteiger partial charge is 0.442 e. The Hall–Kier alpha value is -3.55. The average Bonchev–Trinajstić information content (AvgIpc) is 2.73. The SMILES string of the molecule is CC(=O)CC(=O)OC(C)N(CCC#N)c1ccc(N=Nc2c(Cl)cc([N+](=O)[O-])cc2Cl)c(C)c1. The number of non-ortho nitro benzene ring substituents is 1. The number of aryl methyl sites for hydroxylation is 1. The van der Waals surface area contributed by atoms with Gasteiger partial charge in [0.2, 0.25) is 0 Å². The first-order chi connectivity index (χ1) is 16.0. The number of anilines is 1. The van der Waals surface area contributed by atoms with Gasteiger partial charge in [-0.25, -0.2) is 0 Å². The first kappa shape index (κ1) is 26.7. The van der Waals surface area contributed by atoms with E-state index in [1.54, 1.807) is 36.9 Å². The molecule has 0 fully saturated rings. The molecule has 0 amide bonds. The first-order valence-corrected chi connectivity index (χ1v) is 10.8. The van der Waals surface area contributed by atoms with Gasteiger partial charge < -0.3 is 9.64 Å². The van der Waals surface area contributed by atoms with Crippen molar-refractivity contribution in [1.29, 1.82) is 5.26 Å². The van der Waals surface area contributed by atoms with Gasteiger partial charge in [-0.3, -0.25) is 19.7 Å². The molecule has 178 valence electrons. The second kappa shape index (κ2) is 12.1. The zero-order valence-corrected chi connectivity index (χ0v) is 20.1. The molecule has 0 aliphatic heterocycles. The van der Waals surface area contributed by atoms with Crippen molar-refractivity contribution in [1.82, 2.24) is 0 Å². The van der Waals surface area contributed by atoms with Crippen molar-refractivity contribution in [3.05, 3.63) is 56.1 Å². The van der Waals surface area contributed by atoms with Crippen LogP contribution < -0.4 is 4.90 Å². The second-order valence-corrected chi connectivity index (χ2v) is 8.07. The molecule has 1 unspecified atom stereocenters. The minimum atomic E-state index is -0.718. The van der Waals surface area contributed by atoms with Gasteiger partial charge in [0.05, 0.1) is 33.1 Å². The van der Waals surface area contributed by atoms with Crippen molar-refractivity contribution in [2.45, 2.75) is 39.8 Å². The molecule has 12 heteroatoms. The van der Waals surface area contributed by atoms with Crippen LogP contribution in [0.25, 0.3) is 0 Å². The number of ether oxygens (including phenoxy) is 1. The van der Waals surface area contributed by atoms with E-state index >= 15 is 0 Å². The minimum Gasteiger partial charge on any atom is -0.442 e. The molecule has 0 aliphatic rings. The molecular formula is C22H21Cl2N5O5. The number of carbonyl (C=O) groups excluding carboxylic acids is 2. The molecular weight excluding hydrogens is 485 g/mol. The maximum atomic E-state index is 11.9. The third kappa shape index (κ3) is 7.23. The predicted octanol–water partition coefficient (Wildman–Crippen LogP) is 6.21. The summed E-state index contributed by atoms with van der Waals surface area (Å²) in [5, 5.41) is 28.1. The fourth-order valence-corrected chi connectivity index (χ4v) is 3.53. The predicted molar refractivity (Wildman–Crippen MR) is 127 cm³/mol. The number of rotatable bonds is 10. The monoisotopic (exact) mass is 505 g/mol. The number of benzene rings is 2. The Morgan fingerprint density at radius 2 is 1.88 bits per heavy atom. The highest BCUT2D eigenvalue weighted by Gasteiger charge is 2.20. The van der Waals surface area contributed by atoms with Crippen LogP contribution in [0.15, 0.2) is 40.6 Å². The van der Waals surface area contributed by atoms with Gasteiger partial charge in [0, 0.05) is 24.4 Å². The van der Waals surface area contributed by atoms with Crippen LogP contribution >= 0.6 is 23.2 Å². The van der Waals surface area contributed by atoms with Gasteiger partial charge in [0.25, 0.3) is 5.69 Å². The number of nitro groups is 1. The van der Waals surface area contributed by atoms with Crippen LogP contribution in [0.4, 0.5) is 22.7 Å². The molecule has 0 radical (unpaired) electrons. The van der Waals surface area contributed by atoms with E-state index in [-0.39, 0.29) is 40.0 Å². The van der Waals surface area contributed by atoms with E-state index in [9.17, 15) is 19.7 Å². The molecule has 2 aromatic carbocycles. The molecule has 0 aliphatic carbocycles. The number of esters is 1. The number of ketones is 1. The Kier molecular flexibility index (Phi) is 9.47. The molecule has 2 aromatic rings. The lowest BCUT2D eigenvalue weighted by atomic mass is 10.1. The molecule has 34 heavy (non-hydrogen) atoms. The van der Waals surface area contributed by atoms with Gasteiger partial charge >= 0.3 is 5.97 Å². The Labute approximate surface area is 205 Å². The third-order valence-electron chi connectivity index (χ3n) is 4.58. The lowest BCUT2D eigenvalue weighted by Crippen LogP contribution is -2.37. The summed E-state index contributed by atoms with van der Waals surface area (Å²) in [5.74, 6) is -0.958. The quantitative estimate of drug-likeness (QED) is 0.0932. The van der Waals surface area contributed by atoms with Gasteiger partial charge in [-0.05, 0) is 44.5 Å². The van der Waals surface area contributed by atoms with E-state index in [4.69, 9.17) is 33.2 Å². The van der Waals surface area contributed by atoms with Crippen LogP contribution in [-0.2, 0) is 14.3 Å². The number of halogens is 2. The lowest BCUT2D eigenvalue weighted by Gasteiger charge is -2.30. The highest BCUT2D eigenvalue weighted by Crippen LogP contribution is 2.38. The van der Waals surface area contributed by atoms with E-state index in [0.29, 0.717) is 23.5 Å². The molecule has 0 saturated carbocycles. The molecule has 0 aromatic heterocycles. The summed E-state index contributed by atoms with van der Waals surface area (Å²) in [6.45, 7) is 5.02. The van der Waals surface area contributed by atoms with Crippen molar-refractivity contribution in [3.8, 4) is 6.07 Å². The van der Waals surface area contributed by atoms with Gasteiger partial charge in [0.1, 0.15) is 17.9 Å². The molecule has 0 bridgehead atoms. The highest BCUT2D eigenvalue weighted by molar-refractivity contribution is 6.39. The molecule has 0 N–H and O–H groups in total. The van der Waals surface area contributed by atoms with Crippen molar-refractivity contribution in [2.24, 2.45) is 10.2 Å². The van der Waals surface area contributed by atoms with Crippen LogP contribution in [0.2, 0.25) is 10.0 Å². The minimum absolute atomic E-state index is 0.0129. The van der Waals surface area contributed by atoms with Crippen LogP contribution in [0.5, 0.6) is 0 Å². The lowest BCUT2D eigenvalue weighted by molar-refractivity contribution is -0.384. The van der Waals surface area contributed by atoms with Crippen molar-refractivity contribution in [3.63, 3.8) is 0 Å². The van der Waals surface area contributed by atoms with Gasteiger partial charge in [-0.2, -0.15) is 10.4 Å². The molecule has 10 nitrogen and oxygen atoms in total. The summed E-state index contributed by atoms with van der Waals surface area (Å²) in [6, 6.07) is 9.50. The third-order valence-corrected chi connectivity index (χ3v) is 5.16. The Balaban J connectivity index is 2.29. The smallest absolute Gasteiger partial charge is 0.315 e. The molecule has 0 spiro atoms. The normalized spacial score (nSPS) is 11.6. The summed E-state index contributed by atoms with van der Waals surface area (Å²) in [4.78, 5) is 35.1. The van der Waals surface area contributed by atoms with Gasteiger partial charge in [-0.15, -0.1) is 5.11 Å². The summed E-state index contributed by atoms with van der Waals surface area (Å²) in [6.07, 6.45) is -0.862. The number of nitriles is 1. The van der Waals surface area contributed by atoms with Gasteiger partial charge in [0.15, 0.2) is 6.23 Å². The van der Waals surface area contributed by atoms with Crippen molar-refractivity contribution >= 4 is 57.7 Å². The fourth-order valence-electron chi connectivity index (χ4n) is 2.98. The number of hydrogen-bond donors (Lipinski definition) is 0. The fraction of sp³-hybridized carbons (Fsp3) is 0.318. The van der Waals surface area contributed by atoms with E-state index in [0.717, 1.165) is 12.1 Å². The van der Waals surface area contributed by atoms with Crippen LogP contribution in [0.3, 0.4) is 0 Å². The summed E-state index contributed by atoms with van der Waals surface area (Å²) >= 11 is 12.1. The standard InChI is InChI=1S/C22H21Cl2N5O5/c1-13-9-16(28(8-4-7-25)15(3)34-21(31)10-14(2)30)5-6-20(13)26-27-22-18(23)11-17(29(32)33)12-19(22)24/h5-6,9,11-12,15H,4,8,10H2,1-3H3. The number of Topliss-reactive ketones (excluding diaryl/α,β-unsaturated/α-hetero) is 1. The number of nitrogens with zero attached hydrogens (tertiary/aromatic N) is 5. The Bertz CT molecular complexity index is 1160. The van der Waals surface area contributed by atoms with Crippen LogP contribution in [0, 0.1) is 28.4 Å². The first-order valence-electron chi connectivity index (χ1n) is 10.0. The number of carbonyl (C=O) groups is 2. The molecule has 0 heterocycles. The van der Waals surface area contributed by atoms with Crippen molar-refractivity contribution < 1.29 is 19.2 Å². The van der Waals surface area contributed by atoms with E-state index in [1.165, 1.54) is 6.92 Å². The zero-order valence-electron chi connectivity index (χ0n) is 18.6. The molecule has 1 atom stereocenters. The number of nitro benzene ring substituents is 1. The maximum Gasteiger partial charge on any atom is 0.315 e. The summed E-state index contributed by atoms with van der Waals surface area (Å²) in [7, 11) is 0. The number of azo groups is 1. The van der Waals surface area contributed by atoms with E-state index in [2.05, 4.69) is 16.3 Å². The maximum absolute atomic E-state index is 11.9. The molecule has 2 rings (SSSR count). The van der Waals surface area contributed by atoms with Gasteiger partial charge in [-0.1, -0.05) is 23.2 Å². The zero-order chi connectivity index (χ0) is 25.4. The van der Waals surface area contributed by atoms with Crippen LogP contribution in [-0.4, -0.2) is 29.4 Å². The highest BCUT2D eigenvalue weighted by atomic mass is 35.5. The Morgan fingerprint density at radius 1 is 1.24 bits per heavy atom. The van der Waals surface area contributed by atoms with Crippen LogP contribution in [0.1, 0.15) is 32.3 Å². The molecule has 0 saturated heterocycles. The Morgan fingerprint density at radius 3 is 2.41 bits per heavy atom. The van der Waals surface area contributed by atoms with Crippen molar-refractivity contribution in [2.75, 3.05) is 11.4 Å². The summed E-state index contributed by atoms with van der Waals surface area (Å²) < 4.78 is 5.34. The number of hydrogen-bond acceptors (Lipinski definition) is 9. The topological polar surface area (TPSA) is 138 Å². The second-order valence-electron chi connectivity index (χ2n) is 7.26. The average molecular weight is 506 g/mol. The van der Waals surface area contributed by atoms with E-state index in [1.807, 2.05) is 0 Å². The van der Waals surface area contributed by atoms with E-state index < -0.39 is 17.1 Å². The summed E-state index contributed by atoms with van der Waals surface area (Å²) in [5.41, 5.74) is 1.70.